The molecule has 1 aromatic rings. The molecule has 19 heavy (non-hydrogen) atoms. The van der Waals surface area contributed by atoms with Crippen LogP contribution in [0.3, 0.4) is 0 Å². The van der Waals surface area contributed by atoms with Gasteiger partial charge >= 0.3 is 5.97 Å². The molecule has 0 aromatic heterocycles. The molecular weight excluding hydrogens is 266 g/mol. The van der Waals surface area contributed by atoms with Crippen molar-refractivity contribution in [2.45, 2.75) is 38.0 Å². The average molecular weight is 285 g/mol. The SMILES string of the molecule is CCCNS(=O)(=O)c1ccc(C(=O)O)c(CCC)c1. The highest BCUT2D eigenvalue weighted by atomic mass is 32.2. The van der Waals surface area contributed by atoms with Gasteiger partial charge in [-0.15, -0.1) is 0 Å². The molecule has 0 aliphatic heterocycles. The fourth-order valence-corrected chi connectivity index (χ4v) is 2.93. The molecule has 0 aliphatic rings. The Morgan fingerprint density at radius 2 is 1.95 bits per heavy atom. The second kappa shape index (κ2) is 6.68. The number of hydrogen-bond donors (Lipinski definition) is 2. The molecule has 0 atom stereocenters. The largest absolute Gasteiger partial charge is 0.478 e. The van der Waals surface area contributed by atoms with Crippen molar-refractivity contribution < 1.29 is 18.3 Å². The Morgan fingerprint density at radius 1 is 1.26 bits per heavy atom. The van der Waals surface area contributed by atoms with Gasteiger partial charge in [-0.1, -0.05) is 20.3 Å². The van der Waals surface area contributed by atoms with Crippen LogP contribution in [0.4, 0.5) is 0 Å². The fourth-order valence-electron chi connectivity index (χ4n) is 1.74. The summed E-state index contributed by atoms with van der Waals surface area (Å²) in [6, 6.07) is 4.14. The Bertz CT molecular complexity index is 552. The molecule has 0 amide bonds. The third-order valence-corrected chi connectivity index (χ3v) is 4.14. The Morgan fingerprint density at radius 3 is 2.47 bits per heavy atom. The summed E-state index contributed by atoms with van der Waals surface area (Å²) in [4.78, 5) is 11.2. The molecule has 1 rings (SSSR count). The smallest absolute Gasteiger partial charge is 0.335 e. The third-order valence-electron chi connectivity index (χ3n) is 2.68. The number of nitrogens with one attached hydrogen (secondary N) is 1. The molecule has 2 N–H and O–H groups in total. The van der Waals surface area contributed by atoms with E-state index >= 15 is 0 Å². The number of sulfonamides is 1. The van der Waals surface area contributed by atoms with Gasteiger partial charge in [0.05, 0.1) is 10.5 Å². The minimum atomic E-state index is -3.55. The molecular formula is C13H19NO4S. The predicted molar refractivity (Wildman–Crippen MR) is 72.9 cm³/mol. The first-order chi connectivity index (χ1) is 8.92. The van der Waals surface area contributed by atoms with Crippen LogP contribution in [-0.2, 0) is 16.4 Å². The number of carbonyl (C=O) groups is 1. The van der Waals surface area contributed by atoms with E-state index in [1.807, 2.05) is 13.8 Å². The van der Waals surface area contributed by atoms with Crippen molar-refractivity contribution in [3.63, 3.8) is 0 Å². The van der Waals surface area contributed by atoms with E-state index in [4.69, 9.17) is 5.11 Å². The van der Waals surface area contributed by atoms with Crippen molar-refractivity contribution in [3.05, 3.63) is 29.3 Å². The Labute approximate surface area is 113 Å². The molecule has 0 aliphatic carbocycles. The summed E-state index contributed by atoms with van der Waals surface area (Å²) in [5.74, 6) is -1.03. The van der Waals surface area contributed by atoms with Crippen molar-refractivity contribution in [1.82, 2.24) is 4.72 Å². The van der Waals surface area contributed by atoms with E-state index in [0.717, 1.165) is 6.42 Å². The number of rotatable bonds is 7. The number of carboxylic acid groups (broad SMARTS) is 1. The van der Waals surface area contributed by atoms with E-state index in [2.05, 4.69) is 4.72 Å². The quantitative estimate of drug-likeness (QED) is 0.803. The first-order valence-electron chi connectivity index (χ1n) is 6.28. The molecule has 0 saturated carbocycles. The van der Waals surface area contributed by atoms with Gasteiger partial charge in [0.1, 0.15) is 0 Å². The van der Waals surface area contributed by atoms with Crippen LogP contribution in [-0.4, -0.2) is 26.0 Å². The summed E-state index contributed by atoms with van der Waals surface area (Å²) in [6.45, 7) is 4.16. The van der Waals surface area contributed by atoms with Crippen LogP contribution in [0.1, 0.15) is 42.6 Å². The number of hydrogen-bond acceptors (Lipinski definition) is 3. The highest BCUT2D eigenvalue weighted by Gasteiger charge is 2.17. The van der Waals surface area contributed by atoms with E-state index < -0.39 is 16.0 Å². The zero-order valence-electron chi connectivity index (χ0n) is 11.1. The molecule has 1 aromatic carbocycles. The van der Waals surface area contributed by atoms with Crippen molar-refractivity contribution in [1.29, 1.82) is 0 Å². The van der Waals surface area contributed by atoms with Gasteiger partial charge in [-0.05, 0) is 36.6 Å². The highest BCUT2D eigenvalue weighted by molar-refractivity contribution is 7.89. The summed E-state index contributed by atoms with van der Waals surface area (Å²) in [7, 11) is -3.55. The molecule has 0 fully saturated rings. The van der Waals surface area contributed by atoms with Gasteiger partial charge in [0.15, 0.2) is 0 Å². The van der Waals surface area contributed by atoms with Gasteiger partial charge in [-0.25, -0.2) is 17.9 Å². The summed E-state index contributed by atoms with van der Waals surface area (Å²) in [6.07, 6.45) is 2.00. The van der Waals surface area contributed by atoms with Gasteiger partial charge in [0.2, 0.25) is 10.0 Å². The number of benzene rings is 1. The summed E-state index contributed by atoms with van der Waals surface area (Å²) in [5.41, 5.74) is 0.714. The van der Waals surface area contributed by atoms with Crippen LogP contribution in [0.25, 0.3) is 0 Å². The zero-order chi connectivity index (χ0) is 14.5. The van der Waals surface area contributed by atoms with Crippen LogP contribution < -0.4 is 4.72 Å². The van der Waals surface area contributed by atoms with Crippen molar-refractivity contribution in [2.75, 3.05) is 6.54 Å². The monoisotopic (exact) mass is 285 g/mol. The van der Waals surface area contributed by atoms with Crippen molar-refractivity contribution in [3.8, 4) is 0 Å². The number of aryl methyl sites for hydroxylation is 1. The lowest BCUT2D eigenvalue weighted by atomic mass is 10.0. The molecule has 6 heteroatoms. The predicted octanol–water partition coefficient (Wildman–Crippen LogP) is 2.03. The Kier molecular flexibility index (Phi) is 5.50. The summed E-state index contributed by atoms with van der Waals surface area (Å²) >= 11 is 0. The molecule has 0 heterocycles. The number of aromatic carboxylic acids is 1. The fraction of sp³-hybridized carbons (Fsp3) is 0.462. The van der Waals surface area contributed by atoms with Gasteiger partial charge in [0.25, 0.3) is 0 Å². The maximum absolute atomic E-state index is 12.0. The molecule has 106 valence electrons. The Hall–Kier alpha value is -1.40. The highest BCUT2D eigenvalue weighted by Crippen LogP contribution is 2.18. The zero-order valence-corrected chi connectivity index (χ0v) is 12.0. The molecule has 0 spiro atoms. The van der Waals surface area contributed by atoms with Crippen LogP contribution in [0.15, 0.2) is 23.1 Å². The van der Waals surface area contributed by atoms with Gasteiger partial charge in [-0.2, -0.15) is 0 Å². The standard InChI is InChI=1S/C13H19NO4S/c1-3-5-10-9-11(6-7-12(10)13(15)16)19(17,18)14-8-4-2/h6-7,9,14H,3-5,8H2,1-2H3,(H,15,16). The topological polar surface area (TPSA) is 83.5 Å². The normalized spacial score (nSPS) is 11.5. The lowest BCUT2D eigenvalue weighted by molar-refractivity contribution is 0.0695. The second-order valence-electron chi connectivity index (χ2n) is 4.27. The lowest BCUT2D eigenvalue weighted by Gasteiger charge is -2.10. The molecule has 5 nitrogen and oxygen atoms in total. The molecule has 0 saturated heterocycles. The van der Waals surface area contributed by atoms with E-state index in [-0.39, 0.29) is 10.5 Å². The third kappa shape index (κ3) is 4.04. The lowest BCUT2D eigenvalue weighted by Crippen LogP contribution is -2.24. The minimum Gasteiger partial charge on any atom is -0.478 e. The van der Waals surface area contributed by atoms with Gasteiger partial charge < -0.3 is 5.11 Å². The first-order valence-corrected chi connectivity index (χ1v) is 7.76. The van der Waals surface area contributed by atoms with E-state index in [9.17, 15) is 13.2 Å². The number of carboxylic acids is 1. The van der Waals surface area contributed by atoms with Crippen LogP contribution >= 0.6 is 0 Å². The van der Waals surface area contributed by atoms with Crippen molar-refractivity contribution >= 4 is 16.0 Å². The molecule has 0 radical (unpaired) electrons. The van der Waals surface area contributed by atoms with Gasteiger partial charge in [-0.3, -0.25) is 0 Å². The van der Waals surface area contributed by atoms with E-state index in [0.29, 0.717) is 24.9 Å². The Balaban J connectivity index is 3.18. The molecule has 0 bridgehead atoms. The van der Waals surface area contributed by atoms with Gasteiger partial charge in [0, 0.05) is 6.54 Å². The van der Waals surface area contributed by atoms with Crippen LogP contribution in [0.5, 0.6) is 0 Å². The van der Waals surface area contributed by atoms with Crippen molar-refractivity contribution in [2.24, 2.45) is 0 Å². The average Bonchev–Trinajstić information content (AvgIpc) is 2.36. The second-order valence-corrected chi connectivity index (χ2v) is 6.04. The van der Waals surface area contributed by atoms with E-state index in [1.165, 1.54) is 18.2 Å². The first kappa shape index (κ1) is 15.7. The summed E-state index contributed by atoms with van der Waals surface area (Å²) < 4.78 is 26.4. The van der Waals surface area contributed by atoms with Crippen LogP contribution in [0, 0.1) is 0 Å². The molecule has 0 unspecified atom stereocenters. The summed E-state index contributed by atoms with van der Waals surface area (Å²) in [5, 5.41) is 9.06. The maximum atomic E-state index is 12.0. The van der Waals surface area contributed by atoms with Crippen LogP contribution in [0.2, 0.25) is 0 Å². The maximum Gasteiger partial charge on any atom is 0.335 e. The minimum absolute atomic E-state index is 0.120. The van der Waals surface area contributed by atoms with E-state index in [1.54, 1.807) is 0 Å².